The molecule has 0 unspecified atom stereocenters. The van der Waals surface area contributed by atoms with Gasteiger partial charge in [-0.3, -0.25) is 4.79 Å². The molecular formula is C16H16F3NO4. The van der Waals surface area contributed by atoms with Gasteiger partial charge in [0.05, 0.1) is 12.7 Å². The molecule has 0 aromatic heterocycles. The number of halogens is 3. The highest BCUT2D eigenvalue weighted by molar-refractivity contribution is 6.23. The van der Waals surface area contributed by atoms with E-state index in [-0.39, 0.29) is 6.42 Å². The second-order valence-corrected chi connectivity index (χ2v) is 5.34. The number of methoxy groups -OCH3 is 1. The van der Waals surface area contributed by atoms with Crippen molar-refractivity contribution in [3.05, 3.63) is 40.7 Å². The van der Waals surface area contributed by atoms with E-state index in [2.05, 4.69) is 10.1 Å². The molecule has 1 aromatic rings. The lowest BCUT2D eigenvalue weighted by atomic mass is 10.0. The van der Waals surface area contributed by atoms with Crippen LogP contribution in [-0.4, -0.2) is 36.6 Å². The maximum absolute atomic E-state index is 14.1. The lowest BCUT2D eigenvalue weighted by Gasteiger charge is -2.09. The molecular weight excluding hydrogens is 327 g/mol. The number of nitrogens with one attached hydrogen (secondary N) is 1. The number of carboxylic acids is 1. The first-order valence-electron chi connectivity index (χ1n) is 7.29. The van der Waals surface area contributed by atoms with Gasteiger partial charge in [-0.05, 0) is 31.9 Å². The maximum atomic E-state index is 14.1. The third kappa shape index (κ3) is 3.94. The van der Waals surface area contributed by atoms with Crippen molar-refractivity contribution < 1.29 is 32.6 Å². The van der Waals surface area contributed by atoms with Crippen LogP contribution in [0, 0.1) is 17.5 Å². The second kappa shape index (κ2) is 7.48. The van der Waals surface area contributed by atoms with Gasteiger partial charge in [-0.25, -0.2) is 13.6 Å². The second-order valence-electron chi connectivity index (χ2n) is 5.34. The number of rotatable bonds is 8. The van der Waals surface area contributed by atoms with E-state index in [9.17, 15) is 22.8 Å². The molecule has 2 N–H and O–H groups in total. The summed E-state index contributed by atoms with van der Waals surface area (Å²) in [7, 11) is 0.909. The van der Waals surface area contributed by atoms with Gasteiger partial charge < -0.3 is 15.2 Å². The summed E-state index contributed by atoms with van der Waals surface area (Å²) in [5.41, 5.74) is -1.60. The van der Waals surface area contributed by atoms with E-state index in [4.69, 9.17) is 5.11 Å². The SMILES string of the molecule is COc1c(F)c(F)cc(C(=O)C(=CCCNC2CC2)C(=O)O)c1F. The Balaban J connectivity index is 2.27. The molecule has 0 radical (unpaired) electrons. The Kier molecular flexibility index (Phi) is 5.61. The van der Waals surface area contributed by atoms with Gasteiger partial charge in [-0.15, -0.1) is 0 Å². The van der Waals surface area contributed by atoms with Crippen LogP contribution in [0.1, 0.15) is 29.6 Å². The van der Waals surface area contributed by atoms with Crippen molar-refractivity contribution in [3.8, 4) is 5.75 Å². The quantitative estimate of drug-likeness (QED) is 0.189. The molecule has 0 aliphatic heterocycles. The molecule has 1 aliphatic rings. The van der Waals surface area contributed by atoms with E-state index in [1.165, 1.54) is 0 Å². The smallest absolute Gasteiger partial charge is 0.339 e. The minimum atomic E-state index is -1.58. The van der Waals surface area contributed by atoms with Crippen LogP contribution in [0.5, 0.6) is 5.75 Å². The van der Waals surface area contributed by atoms with Gasteiger partial charge in [-0.2, -0.15) is 4.39 Å². The number of Topliss-reactive ketones (excluding diaryl/α,β-unsaturated/α-hetero) is 1. The van der Waals surface area contributed by atoms with Crippen LogP contribution >= 0.6 is 0 Å². The number of ether oxygens (including phenoxy) is 1. The molecule has 0 spiro atoms. The van der Waals surface area contributed by atoms with E-state index in [0.717, 1.165) is 26.0 Å². The highest BCUT2D eigenvalue weighted by Gasteiger charge is 2.28. The summed E-state index contributed by atoms with van der Waals surface area (Å²) in [5, 5.41) is 12.3. The molecule has 0 bridgehead atoms. The fraction of sp³-hybridized carbons (Fsp3) is 0.375. The van der Waals surface area contributed by atoms with Crippen molar-refractivity contribution >= 4 is 11.8 Å². The van der Waals surface area contributed by atoms with Crippen LogP contribution in [0.15, 0.2) is 17.7 Å². The van der Waals surface area contributed by atoms with Crippen LogP contribution in [0.3, 0.4) is 0 Å². The molecule has 0 heterocycles. The van der Waals surface area contributed by atoms with Gasteiger partial charge in [0.25, 0.3) is 0 Å². The third-order valence-electron chi connectivity index (χ3n) is 3.54. The molecule has 1 aromatic carbocycles. The largest absolute Gasteiger partial charge is 0.491 e. The summed E-state index contributed by atoms with van der Waals surface area (Å²) in [4.78, 5) is 23.5. The monoisotopic (exact) mass is 343 g/mol. The predicted molar refractivity (Wildman–Crippen MR) is 78.6 cm³/mol. The Bertz CT molecular complexity index is 699. The van der Waals surface area contributed by atoms with Crippen molar-refractivity contribution in [3.63, 3.8) is 0 Å². The number of carbonyl (C=O) groups is 2. The summed E-state index contributed by atoms with van der Waals surface area (Å²) >= 11 is 0. The first kappa shape index (κ1) is 18.0. The molecule has 2 rings (SSSR count). The number of carbonyl (C=O) groups excluding carboxylic acids is 1. The number of hydrogen-bond donors (Lipinski definition) is 2. The predicted octanol–water partition coefficient (Wildman–Crippen LogP) is 2.45. The van der Waals surface area contributed by atoms with Crippen LogP contribution in [0.25, 0.3) is 0 Å². The normalized spacial score (nSPS) is 14.6. The van der Waals surface area contributed by atoms with Crippen molar-refractivity contribution in [1.29, 1.82) is 0 Å². The molecule has 0 amide bonds. The number of aliphatic carboxylic acids is 1. The highest BCUT2D eigenvalue weighted by atomic mass is 19.2. The summed E-state index contributed by atoms with van der Waals surface area (Å²) in [5.74, 6) is -8.42. The Morgan fingerprint density at radius 3 is 2.54 bits per heavy atom. The van der Waals surface area contributed by atoms with Gasteiger partial charge in [-0.1, -0.05) is 6.08 Å². The molecule has 1 saturated carbocycles. The number of benzene rings is 1. The van der Waals surface area contributed by atoms with Crippen LogP contribution in [0.2, 0.25) is 0 Å². The van der Waals surface area contributed by atoms with Crippen LogP contribution in [-0.2, 0) is 4.79 Å². The average Bonchev–Trinajstić information content (AvgIpc) is 3.35. The molecule has 1 aliphatic carbocycles. The average molecular weight is 343 g/mol. The molecule has 130 valence electrons. The Morgan fingerprint density at radius 1 is 1.33 bits per heavy atom. The summed E-state index contributed by atoms with van der Waals surface area (Å²) < 4.78 is 45.4. The van der Waals surface area contributed by atoms with Crippen molar-refractivity contribution in [2.45, 2.75) is 25.3 Å². The minimum Gasteiger partial charge on any atom is -0.491 e. The Labute approximate surface area is 136 Å². The van der Waals surface area contributed by atoms with Crippen molar-refractivity contribution in [2.75, 3.05) is 13.7 Å². The van der Waals surface area contributed by atoms with E-state index in [1.807, 2.05) is 0 Å². The van der Waals surface area contributed by atoms with E-state index in [1.54, 1.807) is 0 Å². The molecule has 0 atom stereocenters. The highest BCUT2D eigenvalue weighted by Crippen LogP contribution is 2.28. The first-order valence-corrected chi connectivity index (χ1v) is 7.29. The van der Waals surface area contributed by atoms with E-state index >= 15 is 0 Å². The van der Waals surface area contributed by atoms with E-state index < -0.39 is 46.1 Å². The summed E-state index contributed by atoms with van der Waals surface area (Å²) in [6.07, 6.45) is 3.46. The zero-order valence-corrected chi connectivity index (χ0v) is 12.9. The van der Waals surface area contributed by atoms with Gasteiger partial charge in [0, 0.05) is 6.04 Å². The summed E-state index contributed by atoms with van der Waals surface area (Å²) in [6, 6.07) is 0.740. The van der Waals surface area contributed by atoms with Gasteiger partial charge >= 0.3 is 5.97 Å². The van der Waals surface area contributed by atoms with Gasteiger partial charge in [0.2, 0.25) is 11.6 Å². The van der Waals surface area contributed by atoms with Crippen molar-refractivity contribution in [2.24, 2.45) is 0 Å². The van der Waals surface area contributed by atoms with Crippen LogP contribution in [0.4, 0.5) is 13.2 Å². The fourth-order valence-electron chi connectivity index (χ4n) is 2.14. The molecule has 8 heteroatoms. The van der Waals surface area contributed by atoms with Crippen molar-refractivity contribution in [1.82, 2.24) is 5.32 Å². The fourth-order valence-corrected chi connectivity index (χ4v) is 2.14. The molecule has 5 nitrogen and oxygen atoms in total. The van der Waals surface area contributed by atoms with Gasteiger partial charge in [0.15, 0.2) is 17.4 Å². The summed E-state index contributed by atoms with van der Waals surface area (Å²) in [6.45, 7) is 0.457. The van der Waals surface area contributed by atoms with Crippen LogP contribution < -0.4 is 10.1 Å². The minimum absolute atomic E-state index is 0.228. The maximum Gasteiger partial charge on any atom is 0.339 e. The Morgan fingerprint density at radius 2 is 2.00 bits per heavy atom. The zero-order valence-electron chi connectivity index (χ0n) is 12.9. The van der Waals surface area contributed by atoms with Gasteiger partial charge in [0.1, 0.15) is 5.57 Å². The van der Waals surface area contributed by atoms with E-state index in [0.29, 0.717) is 18.7 Å². The lowest BCUT2D eigenvalue weighted by Crippen LogP contribution is -2.19. The zero-order chi connectivity index (χ0) is 17.9. The first-order chi connectivity index (χ1) is 11.4. The Hall–Kier alpha value is -2.35. The molecule has 0 saturated heterocycles. The molecule has 1 fully saturated rings. The molecule has 24 heavy (non-hydrogen) atoms. The third-order valence-corrected chi connectivity index (χ3v) is 3.54. The standard InChI is InChI=1S/C16H16F3NO4/c1-24-15-12(18)10(7-11(17)13(15)19)14(21)9(16(22)23)3-2-6-20-8-4-5-8/h3,7-8,20H,2,4-6H2,1H3,(H,22,23). The number of hydrogen-bond acceptors (Lipinski definition) is 4. The lowest BCUT2D eigenvalue weighted by molar-refractivity contribution is -0.132. The number of carboxylic acid groups (broad SMARTS) is 1. The topological polar surface area (TPSA) is 75.6 Å². The number of ketones is 1.